The molecule has 0 radical (unpaired) electrons. The van der Waals surface area contributed by atoms with Crippen molar-refractivity contribution >= 4 is 5.69 Å². The summed E-state index contributed by atoms with van der Waals surface area (Å²) in [6.07, 6.45) is 0.915. The fraction of sp³-hybridized carbons (Fsp3) is 0.364. The Morgan fingerprint density at radius 1 is 1.50 bits per heavy atom. The predicted octanol–water partition coefficient (Wildman–Crippen LogP) is 1.63. The normalized spacial score (nSPS) is 9.50. The minimum absolute atomic E-state index is 0.667. The Morgan fingerprint density at radius 3 is 2.93 bits per heavy atom. The van der Waals surface area contributed by atoms with Crippen molar-refractivity contribution in [2.45, 2.75) is 13.3 Å². The molecule has 0 aliphatic heterocycles. The first-order valence-corrected chi connectivity index (χ1v) is 4.72. The summed E-state index contributed by atoms with van der Waals surface area (Å²) >= 11 is 0. The predicted molar refractivity (Wildman–Crippen MR) is 58.1 cm³/mol. The number of anilines is 1. The Bertz CT molecular complexity index is 339. The number of rotatable bonds is 4. The molecular formula is C11H15N3. The maximum absolute atomic E-state index is 8.88. The van der Waals surface area contributed by atoms with Crippen molar-refractivity contribution in [1.29, 1.82) is 5.26 Å². The van der Waals surface area contributed by atoms with Gasteiger partial charge in [-0.3, -0.25) is 0 Å². The van der Waals surface area contributed by atoms with Crippen LogP contribution in [0.5, 0.6) is 0 Å². The van der Waals surface area contributed by atoms with Gasteiger partial charge in [-0.2, -0.15) is 5.26 Å². The third-order valence-electron chi connectivity index (χ3n) is 1.99. The van der Waals surface area contributed by atoms with Gasteiger partial charge in [0.1, 0.15) is 6.07 Å². The first-order chi connectivity index (χ1) is 6.77. The van der Waals surface area contributed by atoms with Crippen molar-refractivity contribution in [3.63, 3.8) is 0 Å². The van der Waals surface area contributed by atoms with E-state index < -0.39 is 0 Å². The molecular weight excluding hydrogens is 174 g/mol. The van der Waals surface area contributed by atoms with Crippen LogP contribution in [0.4, 0.5) is 5.69 Å². The average Bonchev–Trinajstić information content (AvgIpc) is 2.20. The number of nitrogens with one attached hydrogen (secondary N) is 1. The van der Waals surface area contributed by atoms with Crippen LogP contribution in [0.25, 0.3) is 0 Å². The standard InChI is InChI=1S/C11H15N3/c1-9-3-4-11(10(7-9)8-13)14-6-2-5-12/h3-4,7,14H,2,5-6,12H2,1H3. The summed E-state index contributed by atoms with van der Waals surface area (Å²) in [4.78, 5) is 0. The number of benzene rings is 1. The SMILES string of the molecule is Cc1ccc(NCCCN)c(C#N)c1. The second kappa shape index (κ2) is 5.25. The quantitative estimate of drug-likeness (QED) is 0.707. The lowest BCUT2D eigenvalue weighted by Gasteiger charge is -2.07. The molecule has 0 bridgehead atoms. The fourth-order valence-corrected chi connectivity index (χ4v) is 1.23. The Kier molecular flexibility index (Phi) is 3.96. The molecule has 0 aliphatic carbocycles. The molecule has 74 valence electrons. The number of nitrogens with zero attached hydrogens (tertiary/aromatic N) is 1. The molecule has 0 unspecified atom stereocenters. The summed E-state index contributed by atoms with van der Waals surface area (Å²) in [5.41, 5.74) is 8.08. The van der Waals surface area contributed by atoms with E-state index in [0.717, 1.165) is 24.2 Å². The highest BCUT2D eigenvalue weighted by molar-refractivity contribution is 5.58. The van der Waals surface area contributed by atoms with Gasteiger partial charge < -0.3 is 11.1 Å². The average molecular weight is 189 g/mol. The highest BCUT2D eigenvalue weighted by Crippen LogP contribution is 2.15. The number of nitrogens with two attached hydrogens (primary N) is 1. The summed E-state index contributed by atoms with van der Waals surface area (Å²) in [6, 6.07) is 7.98. The first-order valence-electron chi connectivity index (χ1n) is 4.72. The van der Waals surface area contributed by atoms with Gasteiger partial charge >= 0.3 is 0 Å². The van der Waals surface area contributed by atoms with Crippen LogP contribution in [0.15, 0.2) is 18.2 Å². The van der Waals surface area contributed by atoms with Gasteiger partial charge in [-0.25, -0.2) is 0 Å². The van der Waals surface area contributed by atoms with Crippen molar-refractivity contribution < 1.29 is 0 Å². The third kappa shape index (κ3) is 2.75. The van der Waals surface area contributed by atoms with Gasteiger partial charge in [0.15, 0.2) is 0 Å². The molecule has 3 nitrogen and oxygen atoms in total. The Morgan fingerprint density at radius 2 is 2.29 bits per heavy atom. The van der Waals surface area contributed by atoms with Crippen LogP contribution < -0.4 is 11.1 Å². The second-order valence-corrected chi connectivity index (χ2v) is 3.23. The zero-order chi connectivity index (χ0) is 10.4. The van der Waals surface area contributed by atoms with Crippen LogP contribution in [0, 0.1) is 18.3 Å². The lowest BCUT2D eigenvalue weighted by atomic mass is 10.1. The van der Waals surface area contributed by atoms with Gasteiger partial charge in [0.2, 0.25) is 0 Å². The van der Waals surface area contributed by atoms with Gasteiger partial charge in [0.25, 0.3) is 0 Å². The minimum atomic E-state index is 0.667. The summed E-state index contributed by atoms with van der Waals surface area (Å²) in [5.74, 6) is 0. The highest BCUT2D eigenvalue weighted by Gasteiger charge is 2.00. The maximum Gasteiger partial charge on any atom is 0.101 e. The summed E-state index contributed by atoms with van der Waals surface area (Å²) in [7, 11) is 0. The molecule has 0 aliphatic rings. The van der Waals surface area contributed by atoms with Crippen LogP contribution in [-0.2, 0) is 0 Å². The van der Waals surface area contributed by atoms with Crippen LogP contribution in [0.1, 0.15) is 17.5 Å². The lowest BCUT2D eigenvalue weighted by Crippen LogP contribution is -2.09. The molecule has 1 rings (SSSR count). The molecule has 0 fully saturated rings. The molecule has 0 aromatic heterocycles. The number of hydrogen-bond donors (Lipinski definition) is 2. The molecule has 1 aromatic rings. The molecule has 14 heavy (non-hydrogen) atoms. The topological polar surface area (TPSA) is 61.8 Å². The van der Waals surface area contributed by atoms with E-state index in [-0.39, 0.29) is 0 Å². The summed E-state index contributed by atoms with van der Waals surface area (Å²) in [5, 5.41) is 12.1. The van der Waals surface area contributed by atoms with Gasteiger partial charge in [-0.05, 0) is 37.6 Å². The van der Waals surface area contributed by atoms with Gasteiger partial charge in [0.05, 0.1) is 11.3 Å². The van der Waals surface area contributed by atoms with E-state index in [4.69, 9.17) is 11.0 Å². The monoisotopic (exact) mass is 189 g/mol. The Balaban J connectivity index is 2.72. The largest absolute Gasteiger partial charge is 0.384 e. The van der Waals surface area contributed by atoms with Crippen molar-refractivity contribution in [2.24, 2.45) is 5.73 Å². The molecule has 3 N–H and O–H groups in total. The third-order valence-corrected chi connectivity index (χ3v) is 1.99. The van der Waals surface area contributed by atoms with E-state index in [1.807, 2.05) is 25.1 Å². The van der Waals surface area contributed by atoms with Crippen molar-refractivity contribution in [3.8, 4) is 6.07 Å². The van der Waals surface area contributed by atoms with Crippen LogP contribution in [0.2, 0.25) is 0 Å². The Hall–Kier alpha value is -1.53. The molecule has 0 saturated heterocycles. The Labute approximate surface area is 84.5 Å². The number of aryl methyl sites for hydroxylation is 1. The van der Waals surface area contributed by atoms with Gasteiger partial charge in [-0.1, -0.05) is 6.07 Å². The molecule has 0 heterocycles. The second-order valence-electron chi connectivity index (χ2n) is 3.23. The summed E-state index contributed by atoms with van der Waals surface area (Å²) < 4.78 is 0. The number of hydrogen-bond acceptors (Lipinski definition) is 3. The lowest BCUT2D eigenvalue weighted by molar-refractivity contribution is 0.874. The zero-order valence-electron chi connectivity index (χ0n) is 8.38. The minimum Gasteiger partial charge on any atom is -0.384 e. The molecule has 3 heteroatoms. The van der Waals surface area contributed by atoms with Gasteiger partial charge in [0, 0.05) is 6.54 Å². The van der Waals surface area contributed by atoms with E-state index in [9.17, 15) is 0 Å². The number of nitriles is 1. The fourth-order valence-electron chi connectivity index (χ4n) is 1.23. The van der Waals surface area contributed by atoms with Crippen molar-refractivity contribution in [2.75, 3.05) is 18.4 Å². The molecule has 0 saturated carbocycles. The molecule has 0 amide bonds. The summed E-state index contributed by atoms with van der Waals surface area (Å²) in [6.45, 7) is 3.46. The zero-order valence-corrected chi connectivity index (χ0v) is 8.38. The van der Waals surface area contributed by atoms with Crippen molar-refractivity contribution in [1.82, 2.24) is 0 Å². The van der Waals surface area contributed by atoms with E-state index in [0.29, 0.717) is 12.1 Å². The maximum atomic E-state index is 8.88. The molecule has 0 spiro atoms. The van der Waals surface area contributed by atoms with E-state index in [2.05, 4.69) is 11.4 Å². The smallest absolute Gasteiger partial charge is 0.101 e. The van der Waals surface area contributed by atoms with E-state index >= 15 is 0 Å². The van der Waals surface area contributed by atoms with Crippen LogP contribution in [0.3, 0.4) is 0 Å². The van der Waals surface area contributed by atoms with Crippen LogP contribution in [-0.4, -0.2) is 13.1 Å². The van der Waals surface area contributed by atoms with E-state index in [1.165, 1.54) is 0 Å². The van der Waals surface area contributed by atoms with Crippen molar-refractivity contribution in [3.05, 3.63) is 29.3 Å². The molecule has 0 atom stereocenters. The van der Waals surface area contributed by atoms with Gasteiger partial charge in [-0.15, -0.1) is 0 Å². The highest BCUT2D eigenvalue weighted by atomic mass is 14.9. The van der Waals surface area contributed by atoms with E-state index in [1.54, 1.807) is 0 Å². The molecule has 1 aromatic carbocycles. The van der Waals surface area contributed by atoms with Crippen LogP contribution >= 0.6 is 0 Å². The first kappa shape index (κ1) is 10.6.